The van der Waals surface area contributed by atoms with Crippen molar-refractivity contribution < 1.29 is 13.9 Å². The van der Waals surface area contributed by atoms with E-state index in [1.54, 1.807) is 18.3 Å². The summed E-state index contributed by atoms with van der Waals surface area (Å²) in [6, 6.07) is 10.4. The van der Waals surface area contributed by atoms with Crippen molar-refractivity contribution >= 4 is 27.7 Å². The van der Waals surface area contributed by atoms with E-state index in [9.17, 15) is 9.18 Å². The van der Waals surface area contributed by atoms with Gasteiger partial charge in [-0.1, -0.05) is 22.0 Å². The van der Waals surface area contributed by atoms with Crippen molar-refractivity contribution in [2.75, 3.05) is 24.6 Å². The van der Waals surface area contributed by atoms with Gasteiger partial charge in [-0.25, -0.2) is 9.37 Å². The van der Waals surface area contributed by atoms with Crippen LogP contribution in [0.15, 0.2) is 41.0 Å². The second-order valence-corrected chi connectivity index (χ2v) is 9.18. The summed E-state index contributed by atoms with van der Waals surface area (Å²) in [6.07, 6.45) is 3.20. The molecule has 0 N–H and O–H groups in total. The molecule has 0 radical (unpaired) electrons. The quantitative estimate of drug-likeness (QED) is 0.638. The van der Waals surface area contributed by atoms with Crippen LogP contribution in [0.3, 0.4) is 0 Å². The van der Waals surface area contributed by atoms with E-state index in [1.165, 1.54) is 12.1 Å². The van der Waals surface area contributed by atoms with Gasteiger partial charge in [-0.05, 0) is 56.5 Å². The first kappa shape index (κ1) is 21.7. The molecule has 1 saturated heterocycles. The molecule has 2 heterocycles. The van der Waals surface area contributed by atoms with Gasteiger partial charge in [-0.3, -0.25) is 4.79 Å². The lowest BCUT2D eigenvalue weighted by molar-refractivity contribution is -0.140. The van der Waals surface area contributed by atoms with Crippen LogP contribution in [0.1, 0.15) is 37.8 Å². The van der Waals surface area contributed by atoms with Gasteiger partial charge < -0.3 is 14.5 Å². The number of hydrogen-bond donors (Lipinski definition) is 0. The van der Waals surface area contributed by atoms with Crippen LogP contribution in [-0.2, 0) is 15.1 Å². The average Bonchev–Trinajstić information content (AvgIpc) is 3.52. The minimum atomic E-state index is -0.506. The molecule has 2 aromatic rings. The average molecular weight is 487 g/mol. The maximum atomic E-state index is 13.4. The second kappa shape index (κ2) is 8.56. The molecule has 4 rings (SSSR count). The first-order valence-electron chi connectivity index (χ1n) is 10.3. The fourth-order valence-corrected chi connectivity index (χ4v) is 5.05. The minimum absolute atomic E-state index is 0.00161. The standard InChI is InChI=1S/C23H24BrFN4O2/c1-15-12-28(13-16(2)29(15)21-6-3-17(10-26)11-27-21)22(30)14-31-23(7-8-23)19-5-4-18(25)9-20(19)24/h3-6,9,11,15-16H,7-8,12-14H2,1-2H3/t15-,16?/m0/s1. The molecular weight excluding hydrogens is 463 g/mol. The summed E-state index contributed by atoms with van der Waals surface area (Å²) in [5.41, 5.74) is 0.908. The third kappa shape index (κ3) is 4.43. The van der Waals surface area contributed by atoms with Gasteiger partial charge in [-0.2, -0.15) is 5.26 Å². The first-order valence-corrected chi connectivity index (χ1v) is 11.1. The van der Waals surface area contributed by atoms with Crippen LogP contribution in [0, 0.1) is 17.1 Å². The third-order valence-corrected chi connectivity index (χ3v) is 6.67. The first-order chi connectivity index (χ1) is 14.8. The van der Waals surface area contributed by atoms with Crippen molar-refractivity contribution in [1.29, 1.82) is 5.26 Å². The zero-order chi connectivity index (χ0) is 22.2. The van der Waals surface area contributed by atoms with E-state index in [2.05, 4.69) is 45.7 Å². The number of piperazine rings is 1. The highest BCUT2D eigenvalue weighted by atomic mass is 79.9. The lowest BCUT2D eigenvalue weighted by atomic mass is 10.1. The van der Waals surface area contributed by atoms with Crippen LogP contribution < -0.4 is 4.90 Å². The number of carbonyl (C=O) groups excluding carboxylic acids is 1. The molecular formula is C23H24BrFN4O2. The number of ether oxygens (including phenoxy) is 1. The highest BCUT2D eigenvalue weighted by molar-refractivity contribution is 9.10. The Bertz CT molecular complexity index is 1010. The molecule has 1 aliphatic carbocycles. The minimum Gasteiger partial charge on any atom is -0.360 e. The Hall–Kier alpha value is -2.50. The van der Waals surface area contributed by atoms with Crippen LogP contribution in [-0.4, -0.2) is 47.6 Å². The summed E-state index contributed by atoms with van der Waals surface area (Å²) in [5.74, 6) is 0.455. The van der Waals surface area contributed by atoms with Gasteiger partial charge in [0.1, 0.15) is 24.3 Å². The molecule has 0 bridgehead atoms. The van der Waals surface area contributed by atoms with Crippen molar-refractivity contribution in [3.05, 3.63) is 57.9 Å². The van der Waals surface area contributed by atoms with Crippen LogP contribution in [0.2, 0.25) is 0 Å². The summed E-state index contributed by atoms with van der Waals surface area (Å²) in [4.78, 5) is 21.4. The fourth-order valence-electron chi connectivity index (χ4n) is 4.34. The number of pyridine rings is 1. The summed E-state index contributed by atoms with van der Waals surface area (Å²) >= 11 is 3.42. The van der Waals surface area contributed by atoms with Gasteiger partial charge in [0.15, 0.2) is 0 Å². The summed E-state index contributed by atoms with van der Waals surface area (Å²) in [5, 5.41) is 8.97. The topological polar surface area (TPSA) is 69.5 Å². The van der Waals surface area contributed by atoms with Crippen molar-refractivity contribution in [3.8, 4) is 6.07 Å². The fraction of sp³-hybridized carbons (Fsp3) is 0.435. The Labute approximate surface area is 189 Å². The van der Waals surface area contributed by atoms with Crippen LogP contribution in [0.25, 0.3) is 0 Å². The molecule has 31 heavy (non-hydrogen) atoms. The molecule has 2 fully saturated rings. The predicted molar refractivity (Wildman–Crippen MR) is 118 cm³/mol. The van der Waals surface area contributed by atoms with E-state index in [4.69, 9.17) is 10.00 Å². The summed E-state index contributed by atoms with van der Waals surface area (Å²) in [7, 11) is 0. The van der Waals surface area contributed by atoms with E-state index in [0.717, 1.165) is 24.2 Å². The number of aromatic nitrogens is 1. The zero-order valence-corrected chi connectivity index (χ0v) is 19.1. The molecule has 1 amide bonds. The van der Waals surface area contributed by atoms with Crippen LogP contribution >= 0.6 is 15.9 Å². The van der Waals surface area contributed by atoms with E-state index >= 15 is 0 Å². The van der Waals surface area contributed by atoms with Gasteiger partial charge in [0.2, 0.25) is 5.91 Å². The molecule has 1 aromatic carbocycles. The number of benzene rings is 1. The van der Waals surface area contributed by atoms with Gasteiger partial charge in [-0.15, -0.1) is 0 Å². The van der Waals surface area contributed by atoms with Crippen LogP contribution in [0.5, 0.6) is 0 Å². The molecule has 2 aliphatic rings. The SMILES string of the molecule is CC1CN(C(=O)COC2(c3ccc(F)cc3Br)CC2)C[C@H](C)N1c1ccc(C#N)cn1. The zero-order valence-electron chi connectivity index (χ0n) is 17.5. The van der Waals surface area contributed by atoms with Crippen molar-refractivity contribution in [2.45, 2.75) is 44.4 Å². The molecule has 1 aliphatic heterocycles. The Morgan fingerprint density at radius 1 is 1.29 bits per heavy atom. The summed E-state index contributed by atoms with van der Waals surface area (Å²) in [6.45, 7) is 5.27. The van der Waals surface area contributed by atoms with Crippen molar-refractivity contribution in [1.82, 2.24) is 9.88 Å². The number of anilines is 1. The Morgan fingerprint density at radius 2 is 2.00 bits per heavy atom. The van der Waals surface area contributed by atoms with E-state index in [1.807, 2.05) is 11.0 Å². The molecule has 8 heteroatoms. The normalized spacial score (nSPS) is 22.2. The number of amides is 1. The lowest BCUT2D eigenvalue weighted by Crippen LogP contribution is -2.59. The number of halogens is 2. The number of rotatable bonds is 5. The lowest BCUT2D eigenvalue weighted by Gasteiger charge is -2.45. The van der Waals surface area contributed by atoms with Gasteiger partial charge in [0.05, 0.1) is 11.2 Å². The van der Waals surface area contributed by atoms with E-state index in [0.29, 0.717) is 23.1 Å². The number of hydrogen-bond acceptors (Lipinski definition) is 5. The smallest absolute Gasteiger partial charge is 0.248 e. The Kier molecular flexibility index (Phi) is 6.00. The molecule has 162 valence electrons. The van der Waals surface area contributed by atoms with Crippen molar-refractivity contribution in [2.24, 2.45) is 0 Å². The molecule has 2 atom stereocenters. The maximum Gasteiger partial charge on any atom is 0.248 e. The highest BCUT2D eigenvalue weighted by Gasteiger charge is 2.47. The van der Waals surface area contributed by atoms with Gasteiger partial charge in [0.25, 0.3) is 0 Å². The molecule has 6 nitrogen and oxygen atoms in total. The maximum absolute atomic E-state index is 13.4. The molecule has 1 aromatic heterocycles. The third-order valence-electron chi connectivity index (χ3n) is 6.01. The number of nitrogens with zero attached hydrogens (tertiary/aromatic N) is 4. The Morgan fingerprint density at radius 3 is 2.55 bits per heavy atom. The van der Waals surface area contributed by atoms with E-state index < -0.39 is 5.60 Å². The predicted octanol–water partition coefficient (Wildman–Crippen LogP) is 3.99. The van der Waals surface area contributed by atoms with Crippen LogP contribution in [0.4, 0.5) is 10.2 Å². The molecule has 1 saturated carbocycles. The highest BCUT2D eigenvalue weighted by Crippen LogP contribution is 2.51. The molecule has 1 unspecified atom stereocenters. The van der Waals surface area contributed by atoms with Gasteiger partial charge in [0, 0.05) is 35.8 Å². The summed E-state index contributed by atoms with van der Waals surface area (Å²) < 4.78 is 20.2. The molecule has 0 spiro atoms. The van der Waals surface area contributed by atoms with E-state index in [-0.39, 0.29) is 30.4 Å². The largest absolute Gasteiger partial charge is 0.360 e. The van der Waals surface area contributed by atoms with Gasteiger partial charge >= 0.3 is 0 Å². The monoisotopic (exact) mass is 486 g/mol. The Balaban J connectivity index is 1.38. The number of carbonyl (C=O) groups is 1. The second-order valence-electron chi connectivity index (χ2n) is 8.33. The number of nitriles is 1. The van der Waals surface area contributed by atoms with Crippen molar-refractivity contribution in [3.63, 3.8) is 0 Å².